The van der Waals surface area contributed by atoms with E-state index in [0.29, 0.717) is 17.9 Å². The zero-order valence-electron chi connectivity index (χ0n) is 18.3. The third kappa shape index (κ3) is 6.47. The number of rotatable bonds is 9. The van der Waals surface area contributed by atoms with E-state index in [1.165, 1.54) is 0 Å². The van der Waals surface area contributed by atoms with E-state index in [1.54, 1.807) is 60.5 Å². The third-order valence-electron chi connectivity index (χ3n) is 4.66. The quantitative estimate of drug-likeness (QED) is 0.471. The minimum absolute atomic E-state index is 0.101. The Morgan fingerprint density at radius 2 is 1.53 bits per heavy atom. The van der Waals surface area contributed by atoms with Gasteiger partial charge in [0, 0.05) is 29.7 Å². The van der Waals surface area contributed by atoms with Crippen molar-refractivity contribution in [2.45, 2.75) is 6.92 Å². The number of anilines is 3. The summed E-state index contributed by atoms with van der Waals surface area (Å²) in [6.07, 6.45) is 0. The maximum atomic E-state index is 12.7. The Hall–Kier alpha value is -4.06. The molecule has 3 aromatic carbocycles. The van der Waals surface area contributed by atoms with Crippen LogP contribution in [0.2, 0.25) is 0 Å². The van der Waals surface area contributed by atoms with Crippen molar-refractivity contribution >= 4 is 28.9 Å². The predicted octanol–water partition coefficient (Wildman–Crippen LogP) is 4.97. The number of carbonyl (C=O) groups is 2. The van der Waals surface area contributed by atoms with Gasteiger partial charge in [-0.3, -0.25) is 9.59 Å². The van der Waals surface area contributed by atoms with Crippen LogP contribution in [0.5, 0.6) is 5.75 Å². The molecule has 0 aliphatic carbocycles. The molecular formula is C26H27N3O3. The summed E-state index contributed by atoms with van der Waals surface area (Å²) < 4.78 is 5.55. The monoisotopic (exact) mass is 429 g/mol. The summed E-state index contributed by atoms with van der Waals surface area (Å²) in [4.78, 5) is 26.5. The Morgan fingerprint density at radius 3 is 2.16 bits per heavy atom. The summed E-state index contributed by atoms with van der Waals surface area (Å²) in [5.74, 6) is 0.442. The number of hydrogen-bond donors (Lipinski definition) is 2. The number of para-hydroxylation sites is 1. The maximum Gasteiger partial charge on any atom is 0.258 e. The highest BCUT2D eigenvalue weighted by Crippen LogP contribution is 2.18. The molecule has 0 spiro atoms. The minimum Gasteiger partial charge on any atom is -0.489 e. The van der Waals surface area contributed by atoms with Crippen molar-refractivity contribution in [3.05, 3.63) is 96.6 Å². The second-order valence-electron chi connectivity index (χ2n) is 7.45. The molecule has 6 heteroatoms. The summed E-state index contributed by atoms with van der Waals surface area (Å²) >= 11 is 0. The van der Waals surface area contributed by atoms with Crippen molar-refractivity contribution in [1.82, 2.24) is 0 Å². The minimum atomic E-state index is -0.176. The zero-order chi connectivity index (χ0) is 22.9. The summed E-state index contributed by atoms with van der Waals surface area (Å²) in [7, 11) is 1.74. The SMILES string of the molecule is C=C(C)COc1ccc(NC(=O)CNc2ccc(C(=O)N(C)c3ccccc3)cc2)cc1. The highest BCUT2D eigenvalue weighted by molar-refractivity contribution is 6.05. The summed E-state index contributed by atoms with van der Waals surface area (Å²) in [6, 6.07) is 23.7. The third-order valence-corrected chi connectivity index (χ3v) is 4.66. The molecule has 0 aromatic heterocycles. The maximum absolute atomic E-state index is 12.7. The van der Waals surface area contributed by atoms with Crippen molar-refractivity contribution < 1.29 is 14.3 Å². The Bertz CT molecular complexity index is 1060. The largest absolute Gasteiger partial charge is 0.489 e. The first-order chi connectivity index (χ1) is 15.4. The number of nitrogens with one attached hydrogen (secondary N) is 2. The first-order valence-electron chi connectivity index (χ1n) is 10.3. The van der Waals surface area contributed by atoms with Crippen LogP contribution in [0, 0.1) is 0 Å². The summed E-state index contributed by atoms with van der Waals surface area (Å²) in [5.41, 5.74) is 3.77. The van der Waals surface area contributed by atoms with Crippen LogP contribution in [-0.2, 0) is 4.79 Å². The number of ether oxygens (including phenoxy) is 1. The molecule has 3 aromatic rings. The molecule has 0 heterocycles. The molecule has 0 bridgehead atoms. The van der Waals surface area contributed by atoms with Gasteiger partial charge in [-0.25, -0.2) is 0 Å². The Morgan fingerprint density at radius 1 is 0.906 bits per heavy atom. The average Bonchev–Trinajstić information content (AvgIpc) is 2.82. The smallest absolute Gasteiger partial charge is 0.258 e. The molecule has 0 aliphatic heterocycles. The fourth-order valence-electron chi connectivity index (χ4n) is 2.92. The van der Waals surface area contributed by atoms with Crippen LogP contribution >= 0.6 is 0 Å². The first kappa shape index (κ1) is 22.6. The molecule has 0 aliphatic rings. The van der Waals surface area contributed by atoms with E-state index in [0.717, 1.165) is 22.7 Å². The van der Waals surface area contributed by atoms with E-state index in [9.17, 15) is 9.59 Å². The fraction of sp³-hybridized carbons (Fsp3) is 0.154. The van der Waals surface area contributed by atoms with Crippen molar-refractivity contribution in [2.75, 3.05) is 35.7 Å². The van der Waals surface area contributed by atoms with E-state index >= 15 is 0 Å². The molecular weight excluding hydrogens is 402 g/mol. The highest BCUT2D eigenvalue weighted by atomic mass is 16.5. The molecule has 3 rings (SSSR count). The van der Waals surface area contributed by atoms with Crippen LogP contribution in [0.3, 0.4) is 0 Å². The van der Waals surface area contributed by atoms with Crippen molar-refractivity contribution in [3.8, 4) is 5.75 Å². The van der Waals surface area contributed by atoms with Crippen molar-refractivity contribution in [1.29, 1.82) is 0 Å². The second-order valence-corrected chi connectivity index (χ2v) is 7.45. The zero-order valence-corrected chi connectivity index (χ0v) is 18.3. The lowest BCUT2D eigenvalue weighted by molar-refractivity contribution is -0.114. The predicted molar refractivity (Wildman–Crippen MR) is 129 cm³/mol. The molecule has 6 nitrogen and oxygen atoms in total. The number of amides is 2. The molecule has 32 heavy (non-hydrogen) atoms. The molecule has 0 unspecified atom stereocenters. The van der Waals surface area contributed by atoms with E-state index < -0.39 is 0 Å². The Balaban J connectivity index is 1.49. The first-order valence-corrected chi connectivity index (χ1v) is 10.3. The Kier molecular flexibility index (Phi) is 7.65. The van der Waals surface area contributed by atoms with Gasteiger partial charge in [0.1, 0.15) is 12.4 Å². The van der Waals surface area contributed by atoms with Gasteiger partial charge < -0.3 is 20.3 Å². The molecule has 0 fully saturated rings. The number of hydrogen-bond acceptors (Lipinski definition) is 4. The van der Waals surface area contributed by atoms with E-state index in [2.05, 4.69) is 17.2 Å². The number of carbonyl (C=O) groups excluding carboxylic acids is 2. The van der Waals surface area contributed by atoms with Gasteiger partial charge in [-0.15, -0.1) is 0 Å². The topological polar surface area (TPSA) is 70.7 Å². The molecule has 0 atom stereocenters. The molecule has 164 valence electrons. The van der Waals surface area contributed by atoms with Gasteiger partial charge in [-0.05, 0) is 73.2 Å². The van der Waals surface area contributed by atoms with Crippen LogP contribution in [0.25, 0.3) is 0 Å². The Labute approximate surface area is 188 Å². The van der Waals surface area contributed by atoms with Gasteiger partial charge in [-0.1, -0.05) is 24.8 Å². The molecule has 0 radical (unpaired) electrons. The summed E-state index contributed by atoms with van der Waals surface area (Å²) in [5, 5.41) is 5.90. The van der Waals surface area contributed by atoms with Crippen LogP contribution in [0.4, 0.5) is 17.1 Å². The van der Waals surface area contributed by atoms with Crippen LogP contribution in [0.15, 0.2) is 91.0 Å². The molecule has 0 saturated carbocycles. The summed E-state index contributed by atoms with van der Waals surface area (Å²) in [6.45, 7) is 6.26. The molecule has 2 N–H and O–H groups in total. The highest BCUT2D eigenvalue weighted by Gasteiger charge is 2.13. The van der Waals surface area contributed by atoms with Crippen LogP contribution in [-0.4, -0.2) is 32.0 Å². The van der Waals surface area contributed by atoms with Gasteiger partial charge in [0.05, 0.1) is 6.54 Å². The van der Waals surface area contributed by atoms with Crippen LogP contribution < -0.4 is 20.3 Å². The standard InChI is InChI=1S/C26H27N3O3/c1-19(2)18-32-24-15-13-22(14-16-24)28-25(30)17-27-21-11-9-20(10-12-21)26(31)29(3)23-7-5-4-6-8-23/h4-16,27H,1,17-18H2,2-3H3,(H,28,30). The van der Waals surface area contributed by atoms with Gasteiger partial charge in [0.2, 0.25) is 5.91 Å². The van der Waals surface area contributed by atoms with Gasteiger partial charge in [0.25, 0.3) is 5.91 Å². The van der Waals surface area contributed by atoms with E-state index in [1.807, 2.05) is 37.3 Å². The number of benzene rings is 3. The molecule has 0 saturated heterocycles. The van der Waals surface area contributed by atoms with Gasteiger partial charge >= 0.3 is 0 Å². The van der Waals surface area contributed by atoms with Gasteiger partial charge in [0.15, 0.2) is 0 Å². The van der Waals surface area contributed by atoms with E-state index in [-0.39, 0.29) is 18.4 Å². The van der Waals surface area contributed by atoms with Crippen LogP contribution in [0.1, 0.15) is 17.3 Å². The average molecular weight is 430 g/mol. The second kappa shape index (κ2) is 10.8. The normalized spacial score (nSPS) is 10.2. The lowest BCUT2D eigenvalue weighted by atomic mass is 10.1. The fourth-order valence-corrected chi connectivity index (χ4v) is 2.92. The van der Waals surface area contributed by atoms with Crippen molar-refractivity contribution in [2.24, 2.45) is 0 Å². The molecule has 2 amide bonds. The van der Waals surface area contributed by atoms with Crippen molar-refractivity contribution in [3.63, 3.8) is 0 Å². The lowest BCUT2D eigenvalue weighted by Crippen LogP contribution is -2.26. The lowest BCUT2D eigenvalue weighted by Gasteiger charge is -2.17. The van der Waals surface area contributed by atoms with E-state index in [4.69, 9.17) is 4.74 Å². The number of nitrogens with zero attached hydrogens (tertiary/aromatic N) is 1. The van der Waals surface area contributed by atoms with Gasteiger partial charge in [-0.2, -0.15) is 0 Å².